The van der Waals surface area contributed by atoms with Gasteiger partial charge < -0.3 is 4.84 Å². The predicted molar refractivity (Wildman–Crippen MR) is 43.9 cm³/mol. The molecule has 0 unspecified atom stereocenters. The van der Waals surface area contributed by atoms with E-state index in [0.29, 0.717) is 0 Å². The van der Waals surface area contributed by atoms with Gasteiger partial charge in [-0.2, -0.15) is 5.90 Å². The molecule has 2 N–H and O–H groups in total. The maximum atomic E-state index is 11.4. The van der Waals surface area contributed by atoms with Gasteiger partial charge in [-0.1, -0.05) is 0 Å². The Morgan fingerprint density at radius 1 is 1.25 bits per heavy atom. The van der Waals surface area contributed by atoms with E-state index in [9.17, 15) is 4.79 Å². The quantitative estimate of drug-likeness (QED) is 0.603. The number of rotatable bonds is 1. The van der Waals surface area contributed by atoms with Crippen molar-refractivity contribution in [2.75, 3.05) is 0 Å². The van der Waals surface area contributed by atoms with Gasteiger partial charge in [-0.3, -0.25) is 0 Å². The molecule has 0 atom stereocenters. The Labute approximate surface area is 72.2 Å². The summed E-state index contributed by atoms with van der Waals surface area (Å²) < 4.78 is 0. The SMILES string of the molecule is NOC(=O)C12CCC(CC1)CC2. The van der Waals surface area contributed by atoms with Gasteiger partial charge in [-0.15, -0.1) is 0 Å². The van der Waals surface area contributed by atoms with Crippen molar-refractivity contribution in [2.45, 2.75) is 38.5 Å². The van der Waals surface area contributed by atoms with E-state index in [0.717, 1.165) is 25.2 Å². The first-order chi connectivity index (χ1) is 5.77. The maximum absolute atomic E-state index is 11.4. The highest BCUT2D eigenvalue weighted by molar-refractivity contribution is 5.76. The highest BCUT2D eigenvalue weighted by atomic mass is 16.7. The number of hydrogen-bond donors (Lipinski definition) is 1. The van der Waals surface area contributed by atoms with Crippen molar-refractivity contribution in [2.24, 2.45) is 17.2 Å². The lowest BCUT2D eigenvalue weighted by atomic mass is 9.61. The Morgan fingerprint density at radius 2 is 1.75 bits per heavy atom. The second kappa shape index (κ2) is 2.73. The summed E-state index contributed by atoms with van der Waals surface area (Å²) in [5.74, 6) is 5.62. The molecule has 0 radical (unpaired) electrons. The van der Waals surface area contributed by atoms with Crippen LogP contribution >= 0.6 is 0 Å². The first-order valence-corrected chi connectivity index (χ1v) is 4.68. The van der Waals surface area contributed by atoms with Crippen molar-refractivity contribution in [3.8, 4) is 0 Å². The molecular weight excluding hydrogens is 154 g/mol. The fraction of sp³-hybridized carbons (Fsp3) is 0.889. The smallest absolute Gasteiger partial charge is 0.330 e. The second-order valence-corrected chi connectivity index (χ2v) is 4.17. The van der Waals surface area contributed by atoms with Crippen LogP contribution in [0.1, 0.15) is 38.5 Å². The van der Waals surface area contributed by atoms with Gasteiger partial charge in [0.05, 0.1) is 5.41 Å². The van der Waals surface area contributed by atoms with E-state index >= 15 is 0 Å². The van der Waals surface area contributed by atoms with E-state index in [4.69, 9.17) is 5.90 Å². The largest absolute Gasteiger partial charge is 0.373 e. The summed E-state index contributed by atoms with van der Waals surface area (Å²) in [4.78, 5) is 15.8. The first kappa shape index (κ1) is 8.05. The summed E-state index contributed by atoms with van der Waals surface area (Å²) >= 11 is 0. The molecule has 0 aromatic carbocycles. The molecule has 0 aromatic heterocycles. The molecule has 3 saturated carbocycles. The molecule has 3 aliphatic carbocycles. The number of fused-ring (bicyclic) bond motifs is 3. The summed E-state index contributed by atoms with van der Waals surface area (Å²) in [6.07, 6.45) is 6.55. The van der Waals surface area contributed by atoms with Crippen LogP contribution < -0.4 is 5.90 Å². The van der Waals surface area contributed by atoms with Crippen molar-refractivity contribution in [3.05, 3.63) is 0 Å². The van der Waals surface area contributed by atoms with Gasteiger partial charge in [0.1, 0.15) is 0 Å². The van der Waals surface area contributed by atoms with Gasteiger partial charge >= 0.3 is 5.97 Å². The summed E-state index contributed by atoms with van der Waals surface area (Å²) in [6.45, 7) is 0. The van der Waals surface area contributed by atoms with E-state index in [-0.39, 0.29) is 11.4 Å². The zero-order valence-corrected chi connectivity index (χ0v) is 7.21. The zero-order chi connectivity index (χ0) is 8.60. The Balaban J connectivity index is 2.13. The van der Waals surface area contributed by atoms with Crippen molar-refractivity contribution in [1.29, 1.82) is 0 Å². The van der Waals surface area contributed by atoms with Crippen molar-refractivity contribution >= 4 is 5.97 Å². The van der Waals surface area contributed by atoms with Gasteiger partial charge in [0.15, 0.2) is 0 Å². The maximum Gasteiger partial charge on any atom is 0.330 e. The van der Waals surface area contributed by atoms with Gasteiger partial charge in [-0.25, -0.2) is 4.79 Å². The standard InChI is InChI=1S/C9H15NO2/c10-12-8(11)9-4-1-7(2-5-9)3-6-9/h7H,1-6,10H2. The first-order valence-electron chi connectivity index (χ1n) is 4.68. The minimum absolute atomic E-state index is 0.180. The Hall–Kier alpha value is -0.570. The van der Waals surface area contributed by atoms with Gasteiger partial charge in [0.2, 0.25) is 0 Å². The van der Waals surface area contributed by atoms with Crippen molar-refractivity contribution in [3.63, 3.8) is 0 Å². The lowest BCUT2D eigenvalue weighted by molar-refractivity contribution is -0.163. The number of nitrogens with two attached hydrogens (primary N) is 1. The highest BCUT2D eigenvalue weighted by Crippen LogP contribution is 2.50. The third kappa shape index (κ3) is 1.04. The molecule has 3 rings (SSSR count). The molecule has 3 heteroatoms. The molecule has 0 aliphatic heterocycles. The monoisotopic (exact) mass is 169 g/mol. The molecule has 0 heterocycles. The molecule has 0 saturated heterocycles. The Bertz CT molecular complexity index is 181. The van der Waals surface area contributed by atoms with Crippen LogP contribution in [-0.4, -0.2) is 5.97 Å². The minimum Gasteiger partial charge on any atom is -0.373 e. The molecule has 0 spiro atoms. The topological polar surface area (TPSA) is 52.3 Å². The van der Waals surface area contributed by atoms with Gasteiger partial charge in [0, 0.05) is 0 Å². The van der Waals surface area contributed by atoms with E-state index in [1.807, 2.05) is 0 Å². The fourth-order valence-electron chi connectivity index (χ4n) is 2.68. The van der Waals surface area contributed by atoms with Crippen LogP contribution in [0.2, 0.25) is 0 Å². The lowest BCUT2D eigenvalue weighted by Crippen LogP contribution is -2.42. The summed E-state index contributed by atoms with van der Waals surface area (Å²) in [5, 5.41) is 0. The Morgan fingerprint density at radius 3 is 2.17 bits per heavy atom. The third-order valence-corrected chi connectivity index (χ3v) is 3.63. The molecular formula is C9H15NO2. The summed E-state index contributed by atoms with van der Waals surface area (Å²) in [7, 11) is 0. The molecule has 2 bridgehead atoms. The van der Waals surface area contributed by atoms with Crippen LogP contribution in [0.3, 0.4) is 0 Å². The number of carbonyl (C=O) groups is 1. The molecule has 0 amide bonds. The minimum atomic E-state index is -0.191. The average Bonchev–Trinajstić information content (AvgIpc) is 2.19. The summed E-state index contributed by atoms with van der Waals surface area (Å²) in [5.41, 5.74) is -0.191. The van der Waals surface area contributed by atoms with Crippen LogP contribution in [0.15, 0.2) is 0 Å². The van der Waals surface area contributed by atoms with E-state index < -0.39 is 0 Å². The number of carbonyl (C=O) groups excluding carboxylic acids is 1. The van der Waals surface area contributed by atoms with Gasteiger partial charge in [-0.05, 0) is 44.4 Å². The zero-order valence-electron chi connectivity index (χ0n) is 7.21. The Kier molecular flexibility index (Phi) is 1.83. The normalized spacial score (nSPS) is 39.6. The summed E-state index contributed by atoms with van der Waals surface area (Å²) in [6, 6.07) is 0. The number of hydrogen-bond acceptors (Lipinski definition) is 3. The molecule has 3 fully saturated rings. The molecule has 0 aromatic rings. The van der Waals surface area contributed by atoms with Gasteiger partial charge in [0.25, 0.3) is 0 Å². The van der Waals surface area contributed by atoms with Crippen molar-refractivity contribution in [1.82, 2.24) is 0 Å². The predicted octanol–water partition coefficient (Wildman–Crippen LogP) is 1.37. The average molecular weight is 169 g/mol. The van der Waals surface area contributed by atoms with Crippen LogP contribution in [-0.2, 0) is 9.63 Å². The molecule has 3 nitrogen and oxygen atoms in total. The van der Waals surface area contributed by atoms with Crippen molar-refractivity contribution < 1.29 is 9.63 Å². The lowest BCUT2D eigenvalue weighted by Gasteiger charge is -2.43. The van der Waals surface area contributed by atoms with Crippen LogP contribution in [0.25, 0.3) is 0 Å². The van der Waals surface area contributed by atoms with Crippen LogP contribution in [0, 0.1) is 11.3 Å². The van der Waals surface area contributed by atoms with Crippen LogP contribution in [0.5, 0.6) is 0 Å². The molecule has 3 aliphatic rings. The molecule has 68 valence electrons. The molecule has 12 heavy (non-hydrogen) atoms. The highest BCUT2D eigenvalue weighted by Gasteiger charge is 2.46. The second-order valence-electron chi connectivity index (χ2n) is 4.17. The van der Waals surface area contributed by atoms with E-state index in [2.05, 4.69) is 4.84 Å². The van der Waals surface area contributed by atoms with Crippen LogP contribution in [0.4, 0.5) is 0 Å². The fourth-order valence-corrected chi connectivity index (χ4v) is 2.68. The van der Waals surface area contributed by atoms with E-state index in [1.165, 1.54) is 19.3 Å². The van der Waals surface area contributed by atoms with E-state index in [1.54, 1.807) is 0 Å². The third-order valence-electron chi connectivity index (χ3n) is 3.63.